The Morgan fingerprint density at radius 1 is 1.50 bits per heavy atom. The van der Waals surface area contributed by atoms with E-state index in [9.17, 15) is 4.79 Å². The molecule has 0 unspecified atom stereocenters. The van der Waals surface area contributed by atoms with Gasteiger partial charge in [-0.3, -0.25) is 4.79 Å². The zero-order valence-electron chi connectivity index (χ0n) is 8.34. The van der Waals surface area contributed by atoms with Crippen LogP contribution in [0.25, 0.3) is 0 Å². The van der Waals surface area contributed by atoms with Crippen LogP contribution in [0, 0.1) is 5.92 Å². The molecule has 1 aliphatic rings. The molecule has 1 rings (SSSR count). The van der Waals surface area contributed by atoms with Gasteiger partial charge in [0.15, 0.2) is 0 Å². The molecule has 0 bridgehead atoms. The van der Waals surface area contributed by atoms with Crippen molar-refractivity contribution in [1.82, 2.24) is 4.90 Å². The van der Waals surface area contributed by atoms with Crippen molar-refractivity contribution < 1.29 is 4.79 Å². The van der Waals surface area contributed by atoms with Crippen LogP contribution in [0.15, 0.2) is 0 Å². The molecule has 0 atom stereocenters. The van der Waals surface area contributed by atoms with Crippen LogP contribution in [0.1, 0.15) is 40.0 Å². The lowest BCUT2D eigenvalue weighted by atomic mass is 10.1. The predicted molar refractivity (Wildman–Crippen MR) is 49.9 cm³/mol. The van der Waals surface area contributed by atoms with Crippen LogP contribution in [0.2, 0.25) is 0 Å². The van der Waals surface area contributed by atoms with E-state index in [-0.39, 0.29) is 0 Å². The van der Waals surface area contributed by atoms with Gasteiger partial charge < -0.3 is 4.90 Å². The van der Waals surface area contributed by atoms with Crippen LogP contribution in [-0.2, 0) is 4.79 Å². The minimum absolute atomic E-state index is 0.343. The van der Waals surface area contributed by atoms with Gasteiger partial charge in [0, 0.05) is 19.0 Å². The Morgan fingerprint density at radius 3 is 2.42 bits per heavy atom. The fraction of sp³-hybridized carbons (Fsp3) is 0.900. The summed E-state index contributed by atoms with van der Waals surface area (Å²) in [6.45, 7) is 7.14. The lowest BCUT2D eigenvalue weighted by Crippen LogP contribution is -2.33. The number of carbonyl (C=O) groups excluding carboxylic acids is 1. The smallest absolute Gasteiger partial charge is 0.223 e. The van der Waals surface area contributed by atoms with E-state index in [4.69, 9.17) is 0 Å². The molecule has 1 amide bonds. The summed E-state index contributed by atoms with van der Waals surface area (Å²) in [5.74, 6) is 0.834. The minimum atomic E-state index is 0.343. The summed E-state index contributed by atoms with van der Waals surface area (Å²) in [4.78, 5) is 13.6. The summed E-state index contributed by atoms with van der Waals surface area (Å²) in [7, 11) is 0. The summed E-state index contributed by atoms with van der Waals surface area (Å²) in [5, 5.41) is 0. The second-order valence-corrected chi connectivity index (χ2v) is 4.01. The van der Waals surface area contributed by atoms with Crippen LogP contribution in [-0.4, -0.2) is 23.4 Å². The number of carbonyl (C=O) groups is 1. The summed E-state index contributed by atoms with van der Waals surface area (Å²) in [5.41, 5.74) is 0. The van der Waals surface area contributed by atoms with Gasteiger partial charge in [-0.25, -0.2) is 0 Å². The maximum absolute atomic E-state index is 11.6. The Bertz CT molecular complexity index is 161. The number of hydrogen-bond acceptors (Lipinski definition) is 1. The van der Waals surface area contributed by atoms with Gasteiger partial charge in [0.2, 0.25) is 5.91 Å². The maximum Gasteiger partial charge on any atom is 0.223 e. The molecule has 0 heterocycles. The molecule has 0 saturated heterocycles. The molecule has 0 spiro atoms. The normalized spacial score (nSPS) is 16.7. The largest absolute Gasteiger partial charge is 0.340 e. The first-order chi connectivity index (χ1) is 5.65. The molecule has 0 radical (unpaired) electrons. The van der Waals surface area contributed by atoms with E-state index in [1.807, 2.05) is 4.90 Å². The fourth-order valence-electron chi connectivity index (χ4n) is 1.49. The minimum Gasteiger partial charge on any atom is -0.340 e. The highest BCUT2D eigenvalue weighted by atomic mass is 16.2. The SMILES string of the molecule is CCN(C(=O)CC(C)C)C1CC1. The van der Waals surface area contributed by atoms with E-state index in [2.05, 4.69) is 20.8 Å². The standard InChI is InChI=1S/C10H19NO/c1-4-11(9-5-6-9)10(12)7-8(2)3/h8-9H,4-7H2,1-3H3. The summed E-state index contributed by atoms with van der Waals surface area (Å²) < 4.78 is 0. The molecule has 1 fully saturated rings. The number of nitrogens with zero attached hydrogens (tertiary/aromatic N) is 1. The van der Waals surface area contributed by atoms with Gasteiger partial charge in [-0.2, -0.15) is 0 Å². The van der Waals surface area contributed by atoms with E-state index in [1.165, 1.54) is 12.8 Å². The summed E-state index contributed by atoms with van der Waals surface area (Å²) in [6, 6.07) is 0.584. The first-order valence-electron chi connectivity index (χ1n) is 4.94. The van der Waals surface area contributed by atoms with Gasteiger partial charge in [0.05, 0.1) is 0 Å². The van der Waals surface area contributed by atoms with Crippen molar-refractivity contribution in [2.24, 2.45) is 5.92 Å². The molecular formula is C10H19NO. The molecule has 0 aromatic heterocycles. The van der Waals surface area contributed by atoms with Gasteiger partial charge >= 0.3 is 0 Å². The monoisotopic (exact) mass is 169 g/mol. The van der Waals surface area contributed by atoms with E-state index in [0.29, 0.717) is 24.3 Å². The average molecular weight is 169 g/mol. The Hall–Kier alpha value is -0.530. The van der Waals surface area contributed by atoms with Gasteiger partial charge in [-0.1, -0.05) is 13.8 Å². The van der Waals surface area contributed by atoms with E-state index in [0.717, 1.165) is 6.54 Å². The molecule has 0 N–H and O–H groups in total. The molecule has 1 saturated carbocycles. The zero-order chi connectivity index (χ0) is 9.14. The highest BCUT2D eigenvalue weighted by Gasteiger charge is 2.31. The van der Waals surface area contributed by atoms with Crippen molar-refractivity contribution in [3.63, 3.8) is 0 Å². The highest BCUT2D eigenvalue weighted by molar-refractivity contribution is 5.77. The lowest BCUT2D eigenvalue weighted by Gasteiger charge is -2.21. The second-order valence-electron chi connectivity index (χ2n) is 4.01. The van der Waals surface area contributed by atoms with Gasteiger partial charge in [0.1, 0.15) is 0 Å². The van der Waals surface area contributed by atoms with Crippen LogP contribution in [0.3, 0.4) is 0 Å². The van der Waals surface area contributed by atoms with Crippen molar-refractivity contribution >= 4 is 5.91 Å². The van der Waals surface area contributed by atoms with Gasteiger partial charge in [-0.15, -0.1) is 0 Å². The first-order valence-corrected chi connectivity index (χ1v) is 4.94. The Balaban J connectivity index is 2.36. The summed E-state index contributed by atoms with van der Waals surface area (Å²) in [6.07, 6.45) is 3.15. The number of amides is 1. The average Bonchev–Trinajstić information content (AvgIpc) is 2.70. The molecule has 0 aromatic carbocycles. The molecular weight excluding hydrogens is 150 g/mol. The van der Waals surface area contributed by atoms with Crippen LogP contribution >= 0.6 is 0 Å². The number of hydrogen-bond donors (Lipinski definition) is 0. The van der Waals surface area contributed by atoms with Crippen molar-refractivity contribution in [3.05, 3.63) is 0 Å². The van der Waals surface area contributed by atoms with Crippen molar-refractivity contribution in [2.75, 3.05) is 6.54 Å². The summed E-state index contributed by atoms with van der Waals surface area (Å²) >= 11 is 0. The Morgan fingerprint density at radius 2 is 2.08 bits per heavy atom. The van der Waals surface area contributed by atoms with Crippen molar-refractivity contribution in [2.45, 2.75) is 46.1 Å². The number of rotatable bonds is 4. The van der Waals surface area contributed by atoms with E-state index in [1.54, 1.807) is 0 Å². The van der Waals surface area contributed by atoms with Gasteiger partial charge in [-0.05, 0) is 25.7 Å². The lowest BCUT2D eigenvalue weighted by molar-refractivity contribution is -0.132. The van der Waals surface area contributed by atoms with Crippen LogP contribution in [0.5, 0.6) is 0 Å². The third-order valence-electron chi connectivity index (χ3n) is 2.23. The molecule has 2 nitrogen and oxygen atoms in total. The van der Waals surface area contributed by atoms with Gasteiger partial charge in [0.25, 0.3) is 0 Å². The van der Waals surface area contributed by atoms with Crippen LogP contribution < -0.4 is 0 Å². The predicted octanol–water partition coefficient (Wildman–Crippen LogP) is 2.04. The molecule has 70 valence electrons. The first kappa shape index (κ1) is 9.56. The zero-order valence-corrected chi connectivity index (χ0v) is 8.34. The molecule has 0 aliphatic heterocycles. The Labute approximate surface area is 74.9 Å². The third kappa shape index (κ3) is 2.50. The van der Waals surface area contributed by atoms with Crippen LogP contribution in [0.4, 0.5) is 0 Å². The molecule has 12 heavy (non-hydrogen) atoms. The van der Waals surface area contributed by atoms with E-state index < -0.39 is 0 Å². The second kappa shape index (κ2) is 3.92. The third-order valence-corrected chi connectivity index (χ3v) is 2.23. The van der Waals surface area contributed by atoms with Crippen molar-refractivity contribution in [3.8, 4) is 0 Å². The van der Waals surface area contributed by atoms with Crippen molar-refractivity contribution in [1.29, 1.82) is 0 Å². The fourth-order valence-corrected chi connectivity index (χ4v) is 1.49. The maximum atomic E-state index is 11.6. The quantitative estimate of drug-likeness (QED) is 0.630. The Kier molecular flexibility index (Phi) is 3.12. The molecule has 1 aliphatic carbocycles. The van der Waals surface area contributed by atoms with E-state index >= 15 is 0 Å². The molecule has 0 aromatic rings. The highest BCUT2D eigenvalue weighted by Crippen LogP contribution is 2.27. The topological polar surface area (TPSA) is 20.3 Å². The molecule has 2 heteroatoms.